The lowest BCUT2D eigenvalue weighted by molar-refractivity contribution is 0.247. The first-order valence-corrected chi connectivity index (χ1v) is 10.1. The molecule has 1 aromatic heterocycles. The third-order valence-electron chi connectivity index (χ3n) is 5.24. The number of aromatic nitrogens is 1. The van der Waals surface area contributed by atoms with Crippen LogP contribution in [0.3, 0.4) is 0 Å². The lowest BCUT2D eigenvalue weighted by Crippen LogP contribution is -2.46. The second kappa shape index (κ2) is 9.22. The van der Waals surface area contributed by atoms with E-state index < -0.39 is 0 Å². The van der Waals surface area contributed by atoms with E-state index in [1.165, 1.54) is 5.56 Å². The maximum atomic E-state index is 14.9. The zero-order valence-electron chi connectivity index (χ0n) is 17.5. The predicted molar refractivity (Wildman–Crippen MR) is 116 cm³/mol. The number of pyridine rings is 1. The number of rotatable bonds is 6. The molecule has 1 aliphatic heterocycles. The molecule has 0 spiro atoms. The highest BCUT2D eigenvalue weighted by Crippen LogP contribution is 2.28. The molecule has 29 heavy (non-hydrogen) atoms. The number of anilines is 1. The van der Waals surface area contributed by atoms with Crippen LogP contribution in [0, 0.1) is 18.7 Å². The standard InChI is InChI=1S/C22H31FN6/c1-15(2)10-17-12-19(23)21(22(24)27-25)20(13-17)29-8-6-28(7-9-29)14-18-11-16(3)4-5-26-18/h4-5,11-13,15H,6-10,14,25H2,1-3H3,(H2,24,27). The first kappa shape index (κ1) is 21.0. The van der Waals surface area contributed by atoms with Crippen molar-refractivity contribution < 1.29 is 4.39 Å². The zero-order valence-corrected chi connectivity index (χ0v) is 17.5. The van der Waals surface area contributed by atoms with E-state index in [-0.39, 0.29) is 11.7 Å². The third kappa shape index (κ3) is 5.23. The highest BCUT2D eigenvalue weighted by molar-refractivity contribution is 6.02. The minimum Gasteiger partial charge on any atom is -0.382 e. The van der Waals surface area contributed by atoms with Crippen molar-refractivity contribution >= 4 is 11.5 Å². The first-order valence-electron chi connectivity index (χ1n) is 10.1. The molecule has 0 atom stereocenters. The van der Waals surface area contributed by atoms with Crippen LogP contribution in [0.4, 0.5) is 10.1 Å². The van der Waals surface area contributed by atoms with Gasteiger partial charge >= 0.3 is 0 Å². The fourth-order valence-corrected chi connectivity index (χ4v) is 3.86. The van der Waals surface area contributed by atoms with Crippen LogP contribution in [0.2, 0.25) is 0 Å². The van der Waals surface area contributed by atoms with Crippen molar-refractivity contribution in [3.8, 4) is 0 Å². The lowest BCUT2D eigenvalue weighted by Gasteiger charge is -2.37. The van der Waals surface area contributed by atoms with Crippen LogP contribution < -0.4 is 16.5 Å². The zero-order chi connectivity index (χ0) is 21.0. The van der Waals surface area contributed by atoms with Crippen LogP contribution in [0.25, 0.3) is 0 Å². The van der Waals surface area contributed by atoms with Gasteiger partial charge in [-0.25, -0.2) is 4.39 Å². The molecule has 4 N–H and O–H groups in total. The Morgan fingerprint density at radius 1 is 1.21 bits per heavy atom. The SMILES string of the molecule is Cc1ccnc(CN2CCN(c3cc(CC(C)C)cc(F)c3/C(N)=N/N)CC2)c1. The number of amidine groups is 1. The van der Waals surface area contributed by atoms with Gasteiger partial charge in [-0.05, 0) is 54.7 Å². The second-order valence-corrected chi connectivity index (χ2v) is 8.17. The van der Waals surface area contributed by atoms with E-state index in [1.54, 1.807) is 6.07 Å². The molecule has 0 amide bonds. The van der Waals surface area contributed by atoms with E-state index in [0.717, 1.165) is 56.1 Å². The molecule has 156 valence electrons. The summed E-state index contributed by atoms with van der Waals surface area (Å²) in [6.07, 6.45) is 2.66. The summed E-state index contributed by atoms with van der Waals surface area (Å²) in [5.74, 6) is 5.47. The summed E-state index contributed by atoms with van der Waals surface area (Å²) in [5.41, 5.74) is 10.3. The second-order valence-electron chi connectivity index (χ2n) is 8.17. The summed E-state index contributed by atoms with van der Waals surface area (Å²) >= 11 is 0. The van der Waals surface area contributed by atoms with Gasteiger partial charge in [0.15, 0.2) is 5.84 Å². The van der Waals surface area contributed by atoms with Crippen molar-refractivity contribution in [3.63, 3.8) is 0 Å². The van der Waals surface area contributed by atoms with Gasteiger partial charge in [-0.3, -0.25) is 9.88 Å². The molecule has 2 aromatic rings. The molecule has 7 heteroatoms. The summed E-state index contributed by atoms with van der Waals surface area (Å²) in [7, 11) is 0. The minimum absolute atomic E-state index is 0.0278. The monoisotopic (exact) mass is 398 g/mol. The molecule has 6 nitrogen and oxygen atoms in total. The van der Waals surface area contributed by atoms with Gasteiger partial charge < -0.3 is 16.5 Å². The Bertz CT molecular complexity index is 872. The molecule has 1 aliphatic rings. The number of nitrogens with two attached hydrogens (primary N) is 2. The number of nitrogens with zero attached hydrogens (tertiary/aromatic N) is 4. The van der Waals surface area contributed by atoms with Gasteiger partial charge in [0.25, 0.3) is 0 Å². The first-order chi connectivity index (χ1) is 13.9. The third-order valence-corrected chi connectivity index (χ3v) is 5.24. The number of halogens is 1. The van der Waals surface area contributed by atoms with Gasteiger partial charge in [0.1, 0.15) is 5.82 Å². The van der Waals surface area contributed by atoms with Crippen LogP contribution >= 0.6 is 0 Å². The summed E-state index contributed by atoms with van der Waals surface area (Å²) < 4.78 is 14.9. The number of benzene rings is 1. The van der Waals surface area contributed by atoms with Crippen LogP contribution in [-0.4, -0.2) is 41.9 Å². The lowest BCUT2D eigenvalue weighted by atomic mass is 9.98. The molecule has 1 saturated heterocycles. The largest absolute Gasteiger partial charge is 0.382 e. The molecule has 2 heterocycles. The molecule has 0 saturated carbocycles. The van der Waals surface area contributed by atoms with Crippen LogP contribution in [-0.2, 0) is 13.0 Å². The van der Waals surface area contributed by atoms with Crippen molar-refractivity contribution in [2.24, 2.45) is 22.6 Å². The summed E-state index contributed by atoms with van der Waals surface area (Å²) in [6.45, 7) is 10.4. The van der Waals surface area contributed by atoms with E-state index in [9.17, 15) is 4.39 Å². The fourth-order valence-electron chi connectivity index (χ4n) is 3.86. The van der Waals surface area contributed by atoms with Crippen molar-refractivity contribution in [2.75, 3.05) is 31.1 Å². The topological polar surface area (TPSA) is 83.8 Å². The highest BCUT2D eigenvalue weighted by atomic mass is 19.1. The van der Waals surface area contributed by atoms with Crippen molar-refractivity contribution in [2.45, 2.75) is 33.7 Å². The van der Waals surface area contributed by atoms with E-state index in [0.29, 0.717) is 11.5 Å². The van der Waals surface area contributed by atoms with Crippen LogP contribution in [0.5, 0.6) is 0 Å². The molecule has 1 fully saturated rings. The van der Waals surface area contributed by atoms with Crippen LogP contribution in [0.15, 0.2) is 35.6 Å². The Morgan fingerprint density at radius 3 is 2.55 bits per heavy atom. The summed E-state index contributed by atoms with van der Waals surface area (Å²) in [4.78, 5) is 9.01. The van der Waals surface area contributed by atoms with Gasteiger partial charge in [0.2, 0.25) is 0 Å². The van der Waals surface area contributed by atoms with Gasteiger partial charge in [-0.1, -0.05) is 13.8 Å². The van der Waals surface area contributed by atoms with E-state index in [4.69, 9.17) is 11.6 Å². The maximum absolute atomic E-state index is 14.9. The smallest absolute Gasteiger partial charge is 0.155 e. The molecule has 0 bridgehead atoms. The molecule has 0 radical (unpaired) electrons. The maximum Gasteiger partial charge on any atom is 0.155 e. The average molecular weight is 399 g/mol. The van der Waals surface area contributed by atoms with Gasteiger partial charge in [-0.2, -0.15) is 5.10 Å². The number of piperazine rings is 1. The molecule has 3 rings (SSSR count). The Kier molecular flexibility index (Phi) is 6.69. The molecule has 1 aromatic carbocycles. The predicted octanol–water partition coefficient (Wildman–Crippen LogP) is 2.63. The molecule has 0 aliphatic carbocycles. The number of hydrogen-bond donors (Lipinski definition) is 2. The van der Waals surface area contributed by atoms with Crippen LogP contribution in [0.1, 0.15) is 36.2 Å². The van der Waals surface area contributed by atoms with Gasteiger partial charge in [0, 0.05) is 38.9 Å². The van der Waals surface area contributed by atoms with Crippen molar-refractivity contribution in [3.05, 3.63) is 58.7 Å². The van der Waals surface area contributed by atoms with Crippen molar-refractivity contribution in [1.82, 2.24) is 9.88 Å². The fraction of sp³-hybridized carbons (Fsp3) is 0.455. The number of aryl methyl sites for hydroxylation is 1. The minimum atomic E-state index is -0.365. The molecular formula is C22H31FN6. The average Bonchev–Trinajstić information content (AvgIpc) is 2.67. The number of hydrogen-bond acceptors (Lipinski definition) is 5. The quantitative estimate of drug-likeness (QED) is 0.338. The van der Waals surface area contributed by atoms with E-state index in [1.807, 2.05) is 18.3 Å². The van der Waals surface area contributed by atoms with E-state index >= 15 is 0 Å². The van der Waals surface area contributed by atoms with Crippen molar-refractivity contribution in [1.29, 1.82) is 0 Å². The Balaban J connectivity index is 1.78. The normalized spacial score (nSPS) is 15.9. The van der Waals surface area contributed by atoms with Gasteiger partial charge in [-0.15, -0.1) is 0 Å². The Hall–Kier alpha value is -2.67. The Morgan fingerprint density at radius 2 is 1.93 bits per heavy atom. The molecule has 0 unspecified atom stereocenters. The van der Waals surface area contributed by atoms with E-state index in [2.05, 4.69) is 46.7 Å². The number of hydrazone groups is 1. The summed E-state index contributed by atoms with van der Waals surface area (Å²) in [5, 5.41) is 3.55. The highest BCUT2D eigenvalue weighted by Gasteiger charge is 2.24. The summed E-state index contributed by atoms with van der Waals surface area (Å²) in [6, 6.07) is 7.71. The Labute approximate surface area is 172 Å². The van der Waals surface area contributed by atoms with Gasteiger partial charge in [0.05, 0.1) is 16.9 Å². The molecular weight excluding hydrogens is 367 g/mol.